The second kappa shape index (κ2) is 5.49. The molecule has 0 aromatic carbocycles. The molecule has 0 rings (SSSR count). The molecule has 0 aliphatic heterocycles. The van der Waals surface area contributed by atoms with Gasteiger partial charge < -0.3 is 0 Å². The van der Waals surface area contributed by atoms with Crippen LogP contribution in [0.4, 0.5) is 0 Å². The molecule has 0 spiro atoms. The van der Waals surface area contributed by atoms with Crippen molar-refractivity contribution >= 4 is 12.6 Å². The molecule has 52 valence electrons. The summed E-state index contributed by atoms with van der Waals surface area (Å²) in [7, 11) is 0. The van der Waals surface area contributed by atoms with Crippen molar-refractivity contribution in [3.63, 3.8) is 0 Å². The van der Waals surface area contributed by atoms with E-state index in [1.807, 2.05) is 0 Å². The minimum absolute atomic E-state index is 0.542. The van der Waals surface area contributed by atoms with Crippen LogP contribution in [-0.4, -0.2) is 6.26 Å². The Labute approximate surface area is 59.1 Å². The van der Waals surface area contributed by atoms with Gasteiger partial charge in [0.05, 0.1) is 0 Å². The Bertz CT molecular complexity index is 34.1. The lowest BCUT2D eigenvalue weighted by molar-refractivity contribution is 0.398. The second-order valence-corrected chi connectivity index (χ2v) is 2.91. The average Bonchev–Trinajstić information content (AvgIpc) is 1.71. The predicted octanol–water partition coefficient (Wildman–Crippen LogP) is 2.99. The molecule has 0 unspecified atom stereocenters. The first-order chi connectivity index (χ1) is 3.56. The lowest BCUT2D eigenvalue weighted by Crippen LogP contribution is -2.00. The summed E-state index contributed by atoms with van der Waals surface area (Å²) in [5, 5.41) is 0. The quantitative estimate of drug-likeness (QED) is 0.484. The molecule has 0 radical (unpaired) electrons. The van der Waals surface area contributed by atoms with Gasteiger partial charge in [0.1, 0.15) is 0 Å². The Morgan fingerprint density at radius 2 is 1.25 bits per heavy atom. The van der Waals surface area contributed by atoms with E-state index < -0.39 is 0 Å². The van der Waals surface area contributed by atoms with Gasteiger partial charge in [0.2, 0.25) is 0 Å². The lowest BCUT2D eigenvalue weighted by Gasteiger charge is -2.12. The van der Waals surface area contributed by atoms with E-state index in [2.05, 4.69) is 40.3 Å². The van der Waals surface area contributed by atoms with Crippen molar-refractivity contribution in [2.75, 3.05) is 6.26 Å². The maximum Gasteiger partial charge on any atom is -0.0215 e. The van der Waals surface area contributed by atoms with Crippen molar-refractivity contribution in [3.05, 3.63) is 0 Å². The minimum atomic E-state index is 0.542. The third kappa shape index (κ3) is 16.2. The van der Waals surface area contributed by atoms with Crippen LogP contribution in [0, 0.1) is 5.41 Å². The molecule has 0 aromatic heterocycles. The van der Waals surface area contributed by atoms with E-state index in [9.17, 15) is 0 Å². The highest BCUT2D eigenvalue weighted by atomic mass is 32.1. The van der Waals surface area contributed by atoms with Crippen LogP contribution in [0.3, 0.4) is 0 Å². The van der Waals surface area contributed by atoms with Crippen LogP contribution in [0.1, 0.15) is 34.1 Å². The van der Waals surface area contributed by atoms with Gasteiger partial charge in [-0.3, -0.25) is 0 Å². The molecule has 0 aliphatic carbocycles. The molecule has 0 N–H and O–H groups in total. The Morgan fingerprint density at radius 1 is 1.12 bits per heavy atom. The molecular weight excluding hydrogens is 116 g/mol. The molecule has 8 heavy (non-hydrogen) atoms. The SMILES string of the molecule is CCC(C)(C)C.CS. The van der Waals surface area contributed by atoms with Gasteiger partial charge in [-0.05, 0) is 11.7 Å². The largest absolute Gasteiger partial charge is 0.183 e. The van der Waals surface area contributed by atoms with Gasteiger partial charge in [-0.1, -0.05) is 34.1 Å². The molecule has 1 heteroatoms. The fourth-order valence-corrected chi connectivity index (χ4v) is 0. The van der Waals surface area contributed by atoms with E-state index >= 15 is 0 Å². The zero-order valence-electron chi connectivity index (χ0n) is 6.65. The van der Waals surface area contributed by atoms with E-state index in [0.29, 0.717) is 5.41 Å². The maximum atomic E-state index is 3.53. The smallest absolute Gasteiger partial charge is 0.0215 e. The van der Waals surface area contributed by atoms with Crippen molar-refractivity contribution < 1.29 is 0 Å². The zero-order valence-corrected chi connectivity index (χ0v) is 7.55. The van der Waals surface area contributed by atoms with Gasteiger partial charge in [-0.2, -0.15) is 12.6 Å². The maximum absolute atomic E-state index is 3.53. The molecule has 0 fully saturated rings. The van der Waals surface area contributed by atoms with Gasteiger partial charge in [0.25, 0.3) is 0 Å². The first kappa shape index (κ1) is 11.2. The molecule has 0 bridgehead atoms. The van der Waals surface area contributed by atoms with Crippen molar-refractivity contribution in [3.8, 4) is 0 Å². The molecule has 0 aromatic rings. The number of hydrogen-bond donors (Lipinski definition) is 1. The third-order valence-electron chi connectivity index (χ3n) is 1.06. The Balaban J connectivity index is 0. The van der Waals surface area contributed by atoms with Crippen LogP contribution in [0.5, 0.6) is 0 Å². The number of rotatable bonds is 0. The highest BCUT2D eigenvalue weighted by Gasteiger charge is 2.03. The summed E-state index contributed by atoms with van der Waals surface area (Å²) in [5.41, 5.74) is 0.542. The van der Waals surface area contributed by atoms with Crippen LogP contribution >= 0.6 is 12.6 Å². The van der Waals surface area contributed by atoms with E-state index in [1.165, 1.54) is 6.42 Å². The second-order valence-electron chi connectivity index (χ2n) is 2.91. The molecule has 0 saturated carbocycles. The minimum Gasteiger partial charge on any atom is -0.183 e. The van der Waals surface area contributed by atoms with Crippen molar-refractivity contribution in [2.45, 2.75) is 34.1 Å². The Hall–Kier alpha value is 0.350. The van der Waals surface area contributed by atoms with Crippen molar-refractivity contribution in [1.29, 1.82) is 0 Å². The summed E-state index contributed by atoms with van der Waals surface area (Å²) in [4.78, 5) is 0. The lowest BCUT2D eigenvalue weighted by atomic mass is 9.94. The molecule has 0 nitrogen and oxygen atoms in total. The standard InChI is InChI=1S/C6H14.CH4S/c1-5-6(2,3)4;1-2/h5H2,1-4H3;2H,1H3. The van der Waals surface area contributed by atoms with E-state index in [0.717, 1.165) is 0 Å². The predicted molar refractivity (Wildman–Crippen MR) is 44.7 cm³/mol. The summed E-state index contributed by atoms with van der Waals surface area (Å²) in [6.07, 6.45) is 2.97. The van der Waals surface area contributed by atoms with E-state index in [4.69, 9.17) is 0 Å². The van der Waals surface area contributed by atoms with Gasteiger partial charge in [0, 0.05) is 0 Å². The molecule has 0 amide bonds. The van der Waals surface area contributed by atoms with Crippen LogP contribution in [-0.2, 0) is 0 Å². The van der Waals surface area contributed by atoms with Gasteiger partial charge in [-0.15, -0.1) is 0 Å². The molecule has 0 aliphatic rings. The van der Waals surface area contributed by atoms with Crippen LogP contribution in [0.25, 0.3) is 0 Å². The summed E-state index contributed by atoms with van der Waals surface area (Å²) in [5.74, 6) is 0. The molecule has 0 saturated heterocycles. The summed E-state index contributed by atoms with van der Waals surface area (Å²) in [6.45, 7) is 8.94. The van der Waals surface area contributed by atoms with E-state index in [1.54, 1.807) is 6.26 Å². The average molecular weight is 134 g/mol. The van der Waals surface area contributed by atoms with E-state index in [-0.39, 0.29) is 0 Å². The van der Waals surface area contributed by atoms with Gasteiger partial charge >= 0.3 is 0 Å². The summed E-state index contributed by atoms with van der Waals surface area (Å²) < 4.78 is 0. The number of hydrogen-bond acceptors (Lipinski definition) is 1. The fourth-order valence-electron chi connectivity index (χ4n) is 0. The van der Waals surface area contributed by atoms with Gasteiger partial charge in [0.15, 0.2) is 0 Å². The first-order valence-electron chi connectivity index (χ1n) is 3.01. The molecule has 0 heterocycles. The Kier molecular flexibility index (Phi) is 7.67. The van der Waals surface area contributed by atoms with Gasteiger partial charge in [-0.25, -0.2) is 0 Å². The fraction of sp³-hybridized carbons (Fsp3) is 1.00. The van der Waals surface area contributed by atoms with Crippen LogP contribution in [0.15, 0.2) is 0 Å². The topological polar surface area (TPSA) is 0 Å². The van der Waals surface area contributed by atoms with Crippen LogP contribution < -0.4 is 0 Å². The van der Waals surface area contributed by atoms with Crippen molar-refractivity contribution in [1.82, 2.24) is 0 Å². The molecule has 0 atom stereocenters. The highest BCUT2D eigenvalue weighted by molar-refractivity contribution is 7.79. The normalized spacial score (nSPS) is 9.75. The van der Waals surface area contributed by atoms with Crippen LogP contribution in [0.2, 0.25) is 0 Å². The molecular formula is C7H18S. The summed E-state index contributed by atoms with van der Waals surface area (Å²) >= 11 is 3.53. The number of thiol groups is 1. The third-order valence-corrected chi connectivity index (χ3v) is 1.06. The Morgan fingerprint density at radius 3 is 1.25 bits per heavy atom. The first-order valence-corrected chi connectivity index (χ1v) is 3.90. The monoisotopic (exact) mass is 134 g/mol. The highest BCUT2D eigenvalue weighted by Crippen LogP contribution is 2.16. The van der Waals surface area contributed by atoms with Crippen molar-refractivity contribution in [2.24, 2.45) is 5.41 Å². The summed E-state index contributed by atoms with van der Waals surface area (Å²) in [6, 6.07) is 0. The zero-order chi connectivity index (χ0) is 7.21.